The highest BCUT2D eigenvalue weighted by atomic mass is 79.9. The Hall–Kier alpha value is -2.98. The van der Waals surface area contributed by atoms with Crippen molar-refractivity contribution in [3.05, 3.63) is 99.7 Å². The molecule has 0 saturated carbocycles. The summed E-state index contributed by atoms with van der Waals surface area (Å²) < 4.78 is 31.4. The first-order chi connectivity index (χ1) is 18.0. The average molecular weight is 603 g/mol. The third-order valence-corrected chi connectivity index (χ3v) is 7.22. The molecule has 1 aliphatic heterocycles. The number of ether oxygens (including phenoxy) is 2. The van der Waals surface area contributed by atoms with E-state index in [1.54, 1.807) is 19.4 Å². The van der Waals surface area contributed by atoms with Crippen molar-refractivity contribution in [2.45, 2.75) is 12.1 Å². The zero-order valence-corrected chi connectivity index (χ0v) is 22.8. The summed E-state index contributed by atoms with van der Waals surface area (Å²) in [5.41, 5.74) is 2.32. The first-order valence-corrected chi connectivity index (χ1v) is 13.0. The summed E-state index contributed by atoms with van der Waals surface area (Å²) in [5, 5.41) is 4.35. The van der Waals surface area contributed by atoms with Gasteiger partial charge in [-0.15, -0.1) is 0 Å². The van der Waals surface area contributed by atoms with Gasteiger partial charge in [0.1, 0.15) is 35.7 Å². The number of methoxy groups -OCH3 is 1. The van der Waals surface area contributed by atoms with Gasteiger partial charge in [-0.3, -0.25) is 4.98 Å². The summed E-state index contributed by atoms with van der Waals surface area (Å²) >= 11 is 15.8. The van der Waals surface area contributed by atoms with Crippen LogP contribution >= 0.6 is 39.7 Å². The van der Waals surface area contributed by atoms with Gasteiger partial charge < -0.3 is 24.1 Å². The molecule has 2 aromatic heterocycles. The van der Waals surface area contributed by atoms with Crippen LogP contribution in [0.1, 0.15) is 23.5 Å². The van der Waals surface area contributed by atoms with Crippen molar-refractivity contribution in [3.63, 3.8) is 0 Å². The van der Waals surface area contributed by atoms with Crippen molar-refractivity contribution in [1.29, 1.82) is 0 Å². The topological polar surface area (TPSA) is 59.8 Å². The molecule has 3 heterocycles. The van der Waals surface area contributed by atoms with Crippen LogP contribution in [0.4, 0.5) is 10.1 Å². The molecule has 2 atom stereocenters. The normalized spacial score (nSPS) is 17.2. The zero-order chi connectivity index (χ0) is 25.9. The fraction of sp³-hybridized carbons (Fsp3) is 0.185. The third kappa shape index (κ3) is 5.36. The largest absolute Gasteiger partial charge is 0.490 e. The SMILES string of the molecule is COCCOc1ccc(N2C(=S)N[C@@H](c3ccccn3)[C@@H]2c2ccc(-c3ccc(F)cc3Br)o2)cc1Cl. The smallest absolute Gasteiger partial charge is 0.174 e. The van der Waals surface area contributed by atoms with Crippen molar-refractivity contribution in [2.24, 2.45) is 0 Å². The molecule has 0 radical (unpaired) electrons. The summed E-state index contributed by atoms with van der Waals surface area (Å²) in [4.78, 5) is 6.52. The Bertz CT molecular complexity index is 1420. The number of aromatic nitrogens is 1. The van der Waals surface area contributed by atoms with Gasteiger partial charge in [-0.1, -0.05) is 17.7 Å². The number of pyridine rings is 1. The minimum absolute atomic E-state index is 0.291. The van der Waals surface area contributed by atoms with Crippen LogP contribution in [0.15, 0.2) is 81.8 Å². The van der Waals surface area contributed by atoms with Gasteiger partial charge in [-0.05, 0) is 88.8 Å². The maximum atomic E-state index is 13.7. The van der Waals surface area contributed by atoms with Gasteiger partial charge in [0.05, 0.1) is 23.4 Å². The molecule has 10 heteroatoms. The van der Waals surface area contributed by atoms with Crippen LogP contribution in [0.3, 0.4) is 0 Å². The Morgan fingerprint density at radius 1 is 1.14 bits per heavy atom. The van der Waals surface area contributed by atoms with Crippen molar-refractivity contribution in [1.82, 2.24) is 10.3 Å². The number of nitrogens with one attached hydrogen (secondary N) is 1. The summed E-state index contributed by atoms with van der Waals surface area (Å²) in [6, 6.07) is 18.8. The van der Waals surface area contributed by atoms with Crippen molar-refractivity contribution < 1.29 is 18.3 Å². The lowest BCUT2D eigenvalue weighted by Crippen LogP contribution is -2.29. The summed E-state index contributed by atoms with van der Waals surface area (Å²) in [7, 11) is 1.61. The van der Waals surface area contributed by atoms with E-state index in [1.165, 1.54) is 12.1 Å². The lowest BCUT2D eigenvalue weighted by Gasteiger charge is -2.26. The molecule has 1 fully saturated rings. The minimum atomic E-state index is -0.369. The molecular formula is C27H22BrClFN3O3S. The molecule has 0 unspecified atom stereocenters. The molecular weight excluding hydrogens is 581 g/mol. The van der Waals surface area contributed by atoms with Gasteiger partial charge in [0.25, 0.3) is 0 Å². The van der Waals surface area contributed by atoms with Crippen LogP contribution < -0.4 is 15.0 Å². The van der Waals surface area contributed by atoms with E-state index in [-0.39, 0.29) is 17.9 Å². The predicted octanol–water partition coefficient (Wildman–Crippen LogP) is 7.10. The minimum Gasteiger partial charge on any atom is -0.490 e. The van der Waals surface area contributed by atoms with E-state index < -0.39 is 0 Å². The third-order valence-electron chi connectivity index (χ3n) is 5.95. The molecule has 4 aromatic rings. The highest BCUT2D eigenvalue weighted by Gasteiger charge is 2.42. The van der Waals surface area contributed by atoms with E-state index in [4.69, 9.17) is 37.7 Å². The monoisotopic (exact) mass is 601 g/mol. The molecule has 0 spiro atoms. The molecule has 0 amide bonds. The summed E-state index contributed by atoms with van der Waals surface area (Å²) in [6.07, 6.45) is 1.74. The molecule has 6 nitrogen and oxygen atoms in total. The van der Waals surface area contributed by atoms with E-state index in [0.717, 1.165) is 16.9 Å². The first-order valence-electron chi connectivity index (χ1n) is 11.4. The summed E-state index contributed by atoms with van der Waals surface area (Å²) in [5.74, 6) is 1.48. The van der Waals surface area contributed by atoms with Crippen LogP contribution in [0, 0.1) is 5.82 Å². The second kappa shape index (κ2) is 11.2. The number of hydrogen-bond donors (Lipinski definition) is 1. The Balaban J connectivity index is 1.54. The molecule has 1 saturated heterocycles. The van der Waals surface area contributed by atoms with Crippen molar-refractivity contribution in [2.75, 3.05) is 25.2 Å². The maximum Gasteiger partial charge on any atom is 0.174 e. The predicted molar refractivity (Wildman–Crippen MR) is 149 cm³/mol. The highest BCUT2D eigenvalue weighted by molar-refractivity contribution is 9.10. The van der Waals surface area contributed by atoms with Gasteiger partial charge in [-0.2, -0.15) is 0 Å². The molecule has 2 aromatic carbocycles. The molecule has 0 bridgehead atoms. The molecule has 37 heavy (non-hydrogen) atoms. The fourth-order valence-corrected chi connectivity index (χ4v) is 5.38. The van der Waals surface area contributed by atoms with Crippen LogP contribution in [-0.4, -0.2) is 30.4 Å². The number of benzene rings is 2. The number of thiocarbonyl (C=S) groups is 1. The van der Waals surface area contributed by atoms with Gasteiger partial charge in [-0.25, -0.2) is 4.39 Å². The Morgan fingerprint density at radius 3 is 2.73 bits per heavy atom. The van der Waals surface area contributed by atoms with Gasteiger partial charge >= 0.3 is 0 Å². The van der Waals surface area contributed by atoms with Crippen LogP contribution in [0.2, 0.25) is 5.02 Å². The quantitative estimate of drug-likeness (QED) is 0.171. The number of hydrogen-bond acceptors (Lipinski definition) is 5. The number of nitrogens with zero attached hydrogens (tertiary/aromatic N) is 2. The average Bonchev–Trinajstić information content (AvgIpc) is 3.50. The molecule has 1 N–H and O–H groups in total. The lowest BCUT2D eigenvalue weighted by atomic mass is 10.0. The van der Waals surface area contributed by atoms with Gasteiger partial charge in [0.2, 0.25) is 0 Å². The molecule has 0 aliphatic carbocycles. The highest BCUT2D eigenvalue weighted by Crippen LogP contribution is 2.44. The Morgan fingerprint density at radius 2 is 2.00 bits per heavy atom. The van der Waals surface area contributed by atoms with E-state index >= 15 is 0 Å². The van der Waals surface area contributed by atoms with E-state index in [9.17, 15) is 4.39 Å². The first kappa shape index (κ1) is 25.7. The van der Waals surface area contributed by atoms with Crippen LogP contribution in [0.25, 0.3) is 11.3 Å². The van der Waals surface area contributed by atoms with Gasteiger partial charge in [0, 0.05) is 29.0 Å². The number of rotatable bonds is 8. The second-order valence-corrected chi connectivity index (χ2v) is 9.93. The van der Waals surface area contributed by atoms with E-state index in [2.05, 4.69) is 26.2 Å². The summed E-state index contributed by atoms with van der Waals surface area (Å²) in [6.45, 7) is 0.842. The zero-order valence-electron chi connectivity index (χ0n) is 19.7. The molecule has 5 rings (SSSR count). The van der Waals surface area contributed by atoms with Crippen LogP contribution in [0.5, 0.6) is 5.75 Å². The van der Waals surface area contributed by atoms with E-state index in [1.807, 2.05) is 53.4 Å². The van der Waals surface area contributed by atoms with Crippen LogP contribution in [-0.2, 0) is 4.74 Å². The number of furan rings is 1. The van der Waals surface area contributed by atoms with Gasteiger partial charge in [0.15, 0.2) is 5.11 Å². The fourth-order valence-electron chi connectivity index (χ4n) is 4.26. The number of anilines is 1. The Kier molecular flexibility index (Phi) is 7.76. The second-order valence-electron chi connectivity index (χ2n) is 8.28. The Labute approximate surface area is 232 Å². The van der Waals surface area contributed by atoms with E-state index in [0.29, 0.717) is 45.1 Å². The van der Waals surface area contributed by atoms with Crippen molar-refractivity contribution in [3.8, 4) is 17.1 Å². The standard InChI is InChI=1S/C27H22BrClFN3O3S/c1-34-12-13-35-23-8-6-17(15-20(23)29)33-26(25(32-27(33)37)21-4-2-3-11-31-21)24-10-9-22(36-24)18-7-5-16(30)14-19(18)28/h2-11,14-15,25-26H,12-13H2,1H3,(H,32,37)/t25-,26-/m0/s1. The maximum absolute atomic E-state index is 13.7. The number of halogens is 3. The molecule has 1 aliphatic rings. The molecule has 190 valence electrons. The lowest BCUT2D eigenvalue weighted by molar-refractivity contribution is 0.146. The van der Waals surface area contributed by atoms with Crippen molar-refractivity contribution >= 4 is 50.5 Å².